The monoisotopic (exact) mass is 512 g/mol. The van der Waals surface area contributed by atoms with Gasteiger partial charge in [-0.05, 0) is 49.1 Å². The first-order valence-electron chi connectivity index (χ1n) is 10.4. The van der Waals surface area contributed by atoms with Crippen molar-refractivity contribution in [3.63, 3.8) is 0 Å². The Morgan fingerprint density at radius 1 is 1.41 bits per heavy atom. The van der Waals surface area contributed by atoms with Crippen LogP contribution in [-0.4, -0.2) is 63.5 Å². The number of thioether (sulfide) groups is 1. The molecule has 10 heteroatoms. The summed E-state index contributed by atoms with van der Waals surface area (Å²) in [4.78, 5) is 21.5. The molecule has 1 aliphatic rings. The normalized spacial score (nSPS) is 16.9. The molecule has 166 valence electrons. The predicted molar refractivity (Wildman–Crippen MR) is 134 cm³/mol. The molecule has 1 saturated heterocycles. The zero-order chi connectivity index (χ0) is 22.5. The third-order valence-electron chi connectivity index (χ3n) is 5.57. The van der Waals surface area contributed by atoms with Crippen molar-refractivity contribution in [2.24, 2.45) is 4.99 Å². The van der Waals surface area contributed by atoms with Gasteiger partial charge in [0, 0.05) is 30.3 Å². The van der Waals surface area contributed by atoms with Crippen molar-refractivity contribution in [2.45, 2.75) is 19.4 Å². The van der Waals surface area contributed by atoms with Gasteiger partial charge in [0.15, 0.2) is 6.19 Å². The fourth-order valence-corrected chi connectivity index (χ4v) is 4.94. The van der Waals surface area contributed by atoms with Crippen molar-refractivity contribution >= 4 is 56.2 Å². The Morgan fingerprint density at radius 2 is 2.28 bits per heavy atom. The molecule has 0 bridgehead atoms. The summed E-state index contributed by atoms with van der Waals surface area (Å²) in [7, 11) is 0. The first-order valence-corrected chi connectivity index (χ1v) is 12.6. The van der Waals surface area contributed by atoms with Crippen LogP contribution in [0.4, 0.5) is 11.5 Å². The summed E-state index contributed by atoms with van der Waals surface area (Å²) in [6.07, 6.45) is 8.76. The van der Waals surface area contributed by atoms with Gasteiger partial charge in [-0.15, -0.1) is 0 Å². The Morgan fingerprint density at radius 3 is 3.06 bits per heavy atom. The number of hydrogen-bond acceptors (Lipinski definition) is 6. The highest BCUT2D eigenvalue weighted by molar-refractivity contribution is 9.10. The summed E-state index contributed by atoms with van der Waals surface area (Å²) in [5.41, 5.74) is 2.80. The van der Waals surface area contributed by atoms with E-state index in [9.17, 15) is 5.26 Å². The van der Waals surface area contributed by atoms with Gasteiger partial charge in [-0.25, -0.2) is 15.0 Å². The van der Waals surface area contributed by atoms with Gasteiger partial charge in [-0.2, -0.15) is 17.0 Å². The van der Waals surface area contributed by atoms with Crippen LogP contribution in [0.1, 0.15) is 12.0 Å². The molecule has 0 amide bonds. The number of aromatic nitrogens is 3. The predicted octanol–water partition coefficient (Wildman–Crippen LogP) is 4.03. The molecule has 1 aromatic carbocycles. The van der Waals surface area contributed by atoms with Crippen LogP contribution in [0, 0.1) is 18.4 Å². The summed E-state index contributed by atoms with van der Waals surface area (Å²) in [5, 5.41) is 13.3. The van der Waals surface area contributed by atoms with Crippen LogP contribution in [0.2, 0.25) is 0 Å². The van der Waals surface area contributed by atoms with Crippen LogP contribution in [0.25, 0.3) is 11.0 Å². The minimum atomic E-state index is 0.187. The lowest BCUT2D eigenvalue weighted by Crippen LogP contribution is -2.58. The summed E-state index contributed by atoms with van der Waals surface area (Å²) in [5.74, 6) is 2.57. The summed E-state index contributed by atoms with van der Waals surface area (Å²) in [6, 6.07) is 7.96. The third-order valence-corrected chi connectivity index (χ3v) is 6.70. The zero-order valence-corrected chi connectivity index (χ0v) is 20.4. The molecule has 4 rings (SSSR count). The summed E-state index contributed by atoms with van der Waals surface area (Å²) < 4.78 is 0.952. The largest absolute Gasteiger partial charge is 0.352 e. The van der Waals surface area contributed by atoms with E-state index in [0.717, 1.165) is 64.4 Å². The number of anilines is 1. The highest BCUT2D eigenvalue weighted by atomic mass is 79.9. The quantitative estimate of drug-likeness (QED) is 0.230. The number of guanidine groups is 1. The van der Waals surface area contributed by atoms with Crippen molar-refractivity contribution < 1.29 is 0 Å². The molecule has 3 heterocycles. The molecule has 32 heavy (non-hydrogen) atoms. The molecule has 8 nitrogen and oxygen atoms in total. The van der Waals surface area contributed by atoms with E-state index in [4.69, 9.17) is 4.99 Å². The van der Waals surface area contributed by atoms with E-state index in [1.807, 2.05) is 42.2 Å². The number of H-pyrrole nitrogens is 1. The fourth-order valence-electron chi connectivity index (χ4n) is 4.05. The molecule has 1 fully saturated rings. The van der Waals surface area contributed by atoms with E-state index in [0.29, 0.717) is 5.96 Å². The lowest BCUT2D eigenvalue weighted by molar-refractivity contribution is 0.269. The number of aromatic amines is 1. The Balaban J connectivity index is 1.64. The van der Waals surface area contributed by atoms with Gasteiger partial charge < -0.3 is 14.8 Å². The maximum Gasteiger partial charge on any atom is 0.212 e. The number of rotatable bonds is 5. The number of hydrogen-bond donors (Lipinski definition) is 2. The maximum absolute atomic E-state index is 9.40. The highest BCUT2D eigenvalue weighted by Gasteiger charge is 2.31. The molecule has 0 saturated carbocycles. The molecular weight excluding hydrogens is 488 g/mol. The van der Waals surface area contributed by atoms with Crippen LogP contribution < -0.4 is 10.2 Å². The smallest absolute Gasteiger partial charge is 0.212 e. The van der Waals surface area contributed by atoms with Crippen LogP contribution in [0.15, 0.2) is 46.3 Å². The van der Waals surface area contributed by atoms with Gasteiger partial charge in [-0.1, -0.05) is 22.0 Å². The minimum Gasteiger partial charge on any atom is -0.352 e. The molecule has 0 radical (unpaired) electrons. The van der Waals surface area contributed by atoms with Crippen LogP contribution in [0.5, 0.6) is 0 Å². The number of nitriles is 1. The Bertz CT molecular complexity index is 1150. The van der Waals surface area contributed by atoms with Crippen LogP contribution >= 0.6 is 27.7 Å². The van der Waals surface area contributed by atoms with Gasteiger partial charge >= 0.3 is 0 Å². The molecule has 2 N–H and O–H groups in total. The van der Waals surface area contributed by atoms with Crippen molar-refractivity contribution in [3.05, 3.63) is 46.8 Å². The number of aliphatic imine (C=N–C) groups is 1. The Labute approximate surface area is 200 Å². The molecule has 0 spiro atoms. The minimum absolute atomic E-state index is 0.187. The number of nitrogens with one attached hydrogen (secondary N) is 2. The average molecular weight is 513 g/mol. The van der Waals surface area contributed by atoms with Gasteiger partial charge in [0.2, 0.25) is 5.96 Å². The fraction of sp³-hybridized carbons (Fsp3) is 0.364. The van der Waals surface area contributed by atoms with E-state index in [-0.39, 0.29) is 6.04 Å². The zero-order valence-electron chi connectivity index (χ0n) is 18.0. The molecule has 1 aliphatic heterocycles. The number of nitrogens with zero attached hydrogens (tertiary/aromatic N) is 6. The Hall–Kier alpha value is -2.77. The molecule has 0 aliphatic carbocycles. The third kappa shape index (κ3) is 4.84. The molecule has 0 unspecified atom stereocenters. The molecule has 3 aromatic rings. The van der Waals surface area contributed by atoms with E-state index in [2.05, 4.69) is 65.4 Å². The molecule has 2 aromatic heterocycles. The van der Waals surface area contributed by atoms with Gasteiger partial charge in [0.25, 0.3) is 0 Å². The van der Waals surface area contributed by atoms with Gasteiger partial charge in [0.05, 0.1) is 17.1 Å². The number of aryl methyl sites for hydroxylation is 1. The lowest BCUT2D eigenvalue weighted by atomic mass is 10.1. The Kier molecular flexibility index (Phi) is 7.17. The van der Waals surface area contributed by atoms with Gasteiger partial charge in [0.1, 0.15) is 17.8 Å². The second kappa shape index (κ2) is 10.2. The van der Waals surface area contributed by atoms with Crippen molar-refractivity contribution in [1.29, 1.82) is 5.26 Å². The van der Waals surface area contributed by atoms with Crippen molar-refractivity contribution in [1.82, 2.24) is 25.2 Å². The topological polar surface area (TPSA) is 96.2 Å². The number of piperazine rings is 1. The first-order chi connectivity index (χ1) is 15.6. The summed E-state index contributed by atoms with van der Waals surface area (Å²) >= 11 is 5.32. The van der Waals surface area contributed by atoms with E-state index in [1.165, 1.54) is 0 Å². The van der Waals surface area contributed by atoms with Gasteiger partial charge in [-0.3, -0.25) is 5.32 Å². The first kappa shape index (κ1) is 22.4. The standard InChI is InChI=1S/C22H25BrN8S/c1-15-11-25-20-19(15)21(28-14-27-20)30-7-8-31(18(12-30)6-9-32-2)22(26-13-24)29-17-5-3-4-16(23)10-17/h3-5,10-11,14,18H,6-9,12H2,1-2H3,(H,26,29)(H,25,27,28)/t18-/m0/s1. The second-order valence-corrected chi connectivity index (χ2v) is 9.52. The van der Waals surface area contributed by atoms with E-state index in [1.54, 1.807) is 6.33 Å². The average Bonchev–Trinajstić information content (AvgIpc) is 3.18. The summed E-state index contributed by atoms with van der Waals surface area (Å²) in [6.45, 7) is 4.38. The van der Waals surface area contributed by atoms with E-state index < -0.39 is 0 Å². The second-order valence-electron chi connectivity index (χ2n) is 7.62. The molecule has 1 atom stereocenters. The van der Waals surface area contributed by atoms with Crippen molar-refractivity contribution in [2.75, 3.05) is 36.5 Å². The van der Waals surface area contributed by atoms with Crippen LogP contribution in [0.3, 0.4) is 0 Å². The van der Waals surface area contributed by atoms with Crippen LogP contribution in [-0.2, 0) is 0 Å². The van der Waals surface area contributed by atoms with Crippen molar-refractivity contribution in [3.8, 4) is 6.19 Å². The number of benzene rings is 1. The molecular formula is C22H25BrN8S. The SMILES string of the molecule is CSCC[C@H]1CN(c2ncnc3[nH]cc(C)c23)CCN1C(=Nc1cccc(Br)c1)NC#N. The number of fused-ring (bicyclic) bond motifs is 1. The lowest BCUT2D eigenvalue weighted by Gasteiger charge is -2.43. The highest BCUT2D eigenvalue weighted by Crippen LogP contribution is 2.29. The number of halogens is 1. The maximum atomic E-state index is 9.40. The van der Waals surface area contributed by atoms with E-state index >= 15 is 0 Å².